The molecule has 0 fully saturated rings. The Hall–Kier alpha value is -2.95. The van der Waals surface area contributed by atoms with Gasteiger partial charge in [-0.15, -0.1) is 0 Å². The number of nitrogens with zero attached hydrogens (tertiary/aromatic N) is 1. The molecule has 25 heavy (non-hydrogen) atoms. The molecule has 0 aliphatic rings. The number of carbonyl (C=O) groups excluding carboxylic acids is 1. The average molecular weight is 340 g/mol. The van der Waals surface area contributed by atoms with Crippen LogP contribution in [0.2, 0.25) is 0 Å². The van der Waals surface area contributed by atoms with Crippen molar-refractivity contribution in [2.45, 2.75) is 20.4 Å². The summed E-state index contributed by atoms with van der Waals surface area (Å²) in [6.07, 6.45) is 0. The van der Waals surface area contributed by atoms with Gasteiger partial charge in [0.2, 0.25) is 0 Å². The minimum absolute atomic E-state index is 0.284. The number of nitrogens with one attached hydrogen (secondary N) is 1. The molecular weight excluding hydrogens is 322 g/mol. The first-order valence-corrected chi connectivity index (χ1v) is 7.92. The van der Waals surface area contributed by atoms with Crippen LogP contribution in [-0.4, -0.2) is 10.5 Å². The Balaban J connectivity index is 1.90. The maximum absolute atomic E-state index is 13.4. The van der Waals surface area contributed by atoms with Crippen LogP contribution in [0.15, 0.2) is 54.6 Å². The van der Waals surface area contributed by atoms with E-state index in [0.29, 0.717) is 17.9 Å². The summed E-state index contributed by atoms with van der Waals surface area (Å²) in [7, 11) is 0. The van der Waals surface area contributed by atoms with Crippen LogP contribution in [0.3, 0.4) is 0 Å². The molecule has 0 atom stereocenters. The lowest BCUT2D eigenvalue weighted by molar-refractivity contribution is 0.101. The third-order valence-corrected chi connectivity index (χ3v) is 4.04. The summed E-state index contributed by atoms with van der Waals surface area (Å²) in [6, 6.07) is 13.8. The first-order valence-electron chi connectivity index (χ1n) is 7.92. The van der Waals surface area contributed by atoms with Gasteiger partial charge >= 0.3 is 0 Å². The number of rotatable bonds is 4. The van der Waals surface area contributed by atoms with Crippen molar-refractivity contribution >= 4 is 11.6 Å². The molecular formula is C20H18F2N2O. The molecule has 0 saturated carbocycles. The zero-order valence-corrected chi connectivity index (χ0v) is 14.0. The van der Waals surface area contributed by atoms with Crippen LogP contribution in [-0.2, 0) is 6.54 Å². The van der Waals surface area contributed by atoms with Crippen molar-refractivity contribution in [1.29, 1.82) is 0 Å². The highest BCUT2D eigenvalue weighted by atomic mass is 19.1. The molecule has 2 aromatic carbocycles. The fourth-order valence-electron chi connectivity index (χ4n) is 2.90. The van der Waals surface area contributed by atoms with E-state index in [1.54, 1.807) is 6.07 Å². The summed E-state index contributed by atoms with van der Waals surface area (Å²) in [6.45, 7) is 4.15. The first kappa shape index (κ1) is 16.9. The summed E-state index contributed by atoms with van der Waals surface area (Å²) < 4.78 is 28.3. The maximum atomic E-state index is 13.4. The molecule has 3 rings (SSSR count). The number of halogens is 2. The van der Waals surface area contributed by atoms with Gasteiger partial charge in [0.05, 0.1) is 0 Å². The molecule has 1 N–H and O–H groups in total. The predicted octanol–water partition coefficient (Wildman–Crippen LogP) is 4.68. The van der Waals surface area contributed by atoms with Crippen LogP contribution in [0.5, 0.6) is 0 Å². The van der Waals surface area contributed by atoms with E-state index in [4.69, 9.17) is 0 Å². The van der Waals surface area contributed by atoms with Crippen molar-refractivity contribution in [3.63, 3.8) is 0 Å². The second-order valence-electron chi connectivity index (χ2n) is 5.99. The van der Waals surface area contributed by atoms with Gasteiger partial charge in [-0.2, -0.15) is 0 Å². The van der Waals surface area contributed by atoms with Crippen LogP contribution < -0.4 is 5.32 Å². The van der Waals surface area contributed by atoms with Gasteiger partial charge in [0.1, 0.15) is 17.3 Å². The Labute approximate surface area is 144 Å². The monoisotopic (exact) mass is 340 g/mol. The van der Waals surface area contributed by atoms with Crippen LogP contribution >= 0.6 is 0 Å². The van der Waals surface area contributed by atoms with E-state index in [2.05, 4.69) is 5.32 Å². The van der Waals surface area contributed by atoms with Gasteiger partial charge in [0.25, 0.3) is 5.91 Å². The molecule has 1 heterocycles. The van der Waals surface area contributed by atoms with Gasteiger partial charge in [-0.25, -0.2) is 8.78 Å². The molecule has 0 spiro atoms. The number of amides is 1. The summed E-state index contributed by atoms with van der Waals surface area (Å²) in [5.41, 5.74) is 3.53. The van der Waals surface area contributed by atoms with Crippen LogP contribution in [0, 0.1) is 25.5 Å². The highest BCUT2D eigenvalue weighted by Crippen LogP contribution is 2.19. The lowest BCUT2D eigenvalue weighted by Crippen LogP contribution is -2.19. The standard InChI is InChI=1S/C20H18F2N2O/c1-13-10-14(2)24(12-15-4-3-5-17(22)11-15)19(13)20(25)23-18-8-6-16(21)7-9-18/h3-11H,12H2,1-2H3,(H,23,25). The molecule has 0 aliphatic carbocycles. The van der Waals surface area contributed by atoms with E-state index in [0.717, 1.165) is 16.8 Å². The van der Waals surface area contributed by atoms with Gasteiger partial charge in [0, 0.05) is 17.9 Å². The number of hydrogen-bond donors (Lipinski definition) is 1. The molecule has 0 aliphatic heterocycles. The van der Waals surface area contributed by atoms with E-state index in [-0.39, 0.29) is 17.5 Å². The molecule has 0 radical (unpaired) electrons. The zero-order valence-electron chi connectivity index (χ0n) is 14.0. The second-order valence-corrected chi connectivity index (χ2v) is 5.99. The van der Waals surface area contributed by atoms with E-state index in [1.807, 2.05) is 30.5 Å². The molecule has 3 nitrogen and oxygen atoms in total. The zero-order chi connectivity index (χ0) is 18.0. The molecule has 0 saturated heterocycles. The number of anilines is 1. The number of aromatic nitrogens is 1. The lowest BCUT2D eigenvalue weighted by Gasteiger charge is -2.13. The van der Waals surface area contributed by atoms with Gasteiger partial charge < -0.3 is 9.88 Å². The molecule has 1 aromatic heterocycles. The number of aryl methyl sites for hydroxylation is 2. The second kappa shape index (κ2) is 6.89. The van der Waals surface area contributed by atoms with E-state index in [9.17, 15) is 13.6 Å². The van der Waals surface area contributed by atoms with Crippen LogP contribution in [0.25, 0.3) is 0 Å². The summed E-state index contributed by atoms with van der Waals surface area (Å²) in [5, 5.41) is 2.78. The summed E-state index contributed by atoms with van der Waals surface area (Å²) in [4.78, 5) is 12.7. The van der Waals surface area contributed by atoms with Crippen molar-refractivity contribution < 1.29 is 13.6 Å². The highest BCUT2D eigenvalue weighted by molar-refractivity contribution is 6.04. The smallest absolute Gasteiger partial charge is 0.272 e. The SMILES string of the molecule is Cc1cc(C)n(Cc2cccc(F)c2)c1C(=O)Nc1ccc(F)cc1. The largest absolute Gasteiger partial charge is 0.336 e. The summed E-state index contributed by atoms with van der Waals surface area (Å²) in [5.74, 6) is -0.954. The maximum Gasteiger partial charge on any atom is 0.272 e. The molecule has 128 valence electrons. The normalized spacial score (nSPS) is 10.7. The van der Waals surface area contributed by atoms with E-state index >= 15 is 0 Å². The Morgan fingerprint density at radius 3 is 2.40 bits per heavy atom. The first-order chi connectivity index (χ1) is 11.9. The lowest BCUT2D eigenvalue weighted by atomic mass is 10.2. The fraction of sp³-hybridized carbons (Fsp3) is 0.150. The molecule has 1 amide bonds. The van der Waals surface area contributed by atoms with E-state index < -0.39 is 0 Å². The molecule has 0 bridgehead atoms. The quantitative estimate of drug-likeness (QED) is 0.735. The molecule has 5 heteroatoms. The van der Waals surface area contributed by atoms with Crippen molar-refractivity contribution in [2.75, 3.05) is 5.32 Å². The van der Waals surface area contributed by atoms with E-state index in [1.165, 1.54) is 36.4 Å². The Morgan fingerprint density at radius 1 is 1.00 bits per heavy atom. The summed E-state index contributed by atoms with van der Waals surface area (Å²) >= 11 is 0. The topological polar surface area (TPSA) is 34.0 Å². The Bertz CT molecular complexity index is 914. The number of hydrogen-bond acceptors (Lipinski definition) is 1. The minimum atomic E-state index is -0.362. The van der Waals surface area contributed by atoms with Crippen molar-refractivity contribution in [3.8, 4) is 0 Å². The van der Waals surface area contributed by atoms with Crippen LogP contribution in [0.1, 0.15) is 27.3 Å². The number of carbonyl (C=O) groups is 1. The highest BCUT2D eigenvalue weighted by Gasteiger charge is 2.18. The predicted molar refractivity (Wildman–Crippen MR) is 93.8 cm³/mol. The molecule has 3 aromatic rings. The van der Waals surface area contributed by atoms with Crippen molar-refractivity contribution in [1.82, 2.24) is 4.57 Å². The Morgan fingerprint density at radius 2 is 1.72 bits per heavy atom. The number of benzene rings is 2. The van der Waals surface area contributed by atoms with Crippen molar-refractivity contribution in [2.24, 2.45) is 0 Å². The third kappa shape index (κ3) is 3.76. The Kier molecular flexibility index (Phi) is 4.65. The molecule has 0 unspecified atom stereocenters. The van der Waals surface area contributed by atoms with Gasteiger partial charge in [-0.1, -0.05) is 12.1 Å². The third-order valence-electron chi connectivity index (χ3n) is 4.04. The van der Waals surface area contributed by atoms with Crippen molar-refractivity contribution in [3.05, 3.63) is 88.7 Å². The van der Waals surface area contributed by atoms with Gasteiger partial charge in [-0.3, -0.25) is 4.79 Å². The van der Waals surface area contributed by atoms with Crippen LogP contribution in [0.4, 0.5) is 14.5 Å². The fourth-order valence-corrected chi connectivity index (χ4v) is 2.90. The average Bonchev–Trinajstić information content (AvgIpc) is 2.83. The van der Waals surface area contributed by atoms with Gasteiger partial charge in [0.15, 0.2) is 0 Å². The van der Waals surface area contributed by atoms with Gasteiger partial charge in [-0.05, 0) is 67.4 Å². The minimum Gasteiger partial charge on any atom is -0.336 e.